The molecule has 14 heavy (non-hydrogen) atoms. The van der Waals surface area contributed by atoms with Crippen molar-refractivity contribution in [1.82, 2.24) is 4.90 Å². The quantitative estimate of drug-likeness (QED) is 0.485. The summed E-state index contributed by atoms with van der Waals surface area (Å²) in [5.74, 6) is -4.93. The summed E-state index contributed by atoms with van der Waals surface area (Å²) in [6.07, 6.45) is 1.49. The van der Waals surface area contributed by atoms with E-state index >= 15 is 0 Å². The minimum atomic E-state index is -3.45. The third-order valence-electron chi connectivity index (χ3n) is 1.48. The van der Waals surface area contributed by atoms with E-state index in [4.69, 9.17) is 0 Å². The van der Waals surface area contributed by atoms with E-state index in [1.165, 1.54) is 24.9 Å². The third-order valence-corrected chi connectivity index (χ3v) is 1.48. The zero-order valence-corrected chi connectivity index (χ0v) is 8.43. The average Bonchev–Trinajstić information content (AvgIpc) is 2.03. The van der Waals surface area contributed by atoms with Gasteiger partial charge < -0.3 is 4.74 Å². The molecule has 0 N–H and O–H groups in total. The molecule has 0 bridgehead atoms. The highest BCUT2D eigenvalue weighted by atomic mass is 19.3. The number of rotatable bonds is 6. The zero-order valence-electron chi connectivity index (χ0n) is 8.43. The SMILES string of the molecule is C=CCN(C)CC(F)(F)C(=O)OCC. The van der Waals surface area contributed by atoms with Gasteiger partial charge in [0.25, 0.3) is 0 Å². The van der Waals surface area contributed by atoms with Crippen LogP contribution in [0.1, 0.15) is 6.92 Å². The number of hydrogen-bond acceptors (Lipinski definition) is 3. The number of esters is 1. The van der Waals surface area contributed by atoms with Crippen LogP contribution >= 0.6 is 0 Å². The molecule has 3 nitrogen and oxygen atoms in total. The highest BCUT2D eigenvalue weighted by Gasteiger charge is 2.41. The van der Waals surface area contributed by atoms with Crippen LogP contribution < -0.4 is 0 Å². The van der Waals surface area contributed by atoms with E-state index in [9.17, 15) is 13.6 Å². The van der Waals surface area contributed by atoms with Crippen LogP contribution in [0.4, 0.5) is 8.78 Å². The van der Waals surface area contributed by atoms with Gasteiger partial charge in [0.05, 0.1) is 13.2 Å². The van der Waals surface area contributed by atoms with Gasteiger partial charge in [0.1, 0.15) is 0 Å². The fraction of sp³-hybridized carbons (Fsp3) is 0.667. The van der Waals surface area contributed by atoms with E-state index in [2.05, 4.69) is 11.3 Å². The summed E-state index contributed by atoms with van der Waals surface area (Å²) in [6, 6.07) is 0. The second-order valence-electron chi connectivity index (χ2n) is 2.91. The van der Waals surface area contributed by atoms with Crippen molar-refractivity contribution in [3.63, 3.8) is 0 Å². The van der Waals surface area contributed by atoms with E-state index < -0.39 is 18.4 Å². The van der Waals surface area contributed by atoms with Gasteiger partial charge in [-0.05, 0) is 14.0 Å². The maximum atomic E-state index is 13.0. The predicted molar refractivity (Wildman–Crippen MR) is 49.3 cm³/mol. The number of carbonyl (C=O) groups is 1. The van der Waals surface area contributed by atoms with E-state index in [1.54, 1.807) is 0 Å². The van der Waals surface area contributed by atoms with Gasteiger partial charge in [-0.15, -0.1) is 6.58 Å². The molecule has 0 aromatic carbocycles. The van der Waals surface area contributed by atoms with Crippen LogP contribution in [0.25, 0.3) is 0 Å². The van der Waals surface area contributed by atoms with Crippen LogP contribution in [0.3, 0.4) is 0 Å². The number of hydrogen-bond donors (Lipinski definition) is 0. The second kappa shape index (κ2) is 5.70. The monoisotopic (exact) mass is 207 g/mol. The molecule has 82 valence electrons. The molecule has 0 unspecified atom stereocenters. The Hall–Kier alpha value is -0.970. The van der Waals surface area contributed by atoms with Crippen LogP contribution in [0.15, 0.2) is 12.7 Å². The Morgan fingerprint density at radius 3 is 2.64 bits per heavy atom. The summed E-state index contributed by atoms with van der Waals surface area (Å²) in [7, 11) is 1.48. The molecule has 0 heterocycles. The summed E-state index contributed by atoms with van der Waals surface area (Å²) in [6.45, 7) is 4.50. The van der Waals surface area contributed by atoms with Crippen LogP contribution in [0, 0.1) is 0 Å². The van der Waals surface area contributed by atoms with Crippen molar-refractivity contribution in [2.45, 2.75) is 12.8 Å². The van der Waals surface area contributed by atoms with E-state index in [-0.39, 0.29) is 6.61 Å². The summed E-state index contributed by atoms with van der Waals surface area (Å²) >= 11 is 0. The minimum Gasteiger partial charge on any atom is -0.462 e. The molecule has 0 spiro atoms. The Labute approximate surface area is 82.3 Å². The first-order valence-electron chi connectivity index (χ1n) is 4.28. The lowest BCUT2D eigenvalue weighted by Gasteiger charge is -2.20. The highest BCUT2D eigenvalue weighted by molar-refractivity contribution is 5.77. The molecule has 0 aromatic heterocycles. The average molecular weight is 207 g/mol. The van der Waals surface area contributed by atoms with Crippen LogP contribution in [0.5, 0.6) is 0 Å². The van der Waals surface area contributed by atoms with Crippen molar-refractivity contribution in [2.75, 3.05) is 26.7 Å². The van der Waals surface area contributed by atoms with Gasteiger partial charge >= 0.3 is 11.9 Å². The Kier molecular flexibility index (Phi) is 5.30. The standard InChI is InChI=1S/C9H15F2NO2/c1-4-6-12(3)7-9(10,11)8(13)14-5-2/h4H,1,5-7H2,2-3H3. The summed E-state index contributed by atoms with van der Waals surface area (Å²) in [5, 5.41) is 0. The van der Waals surface area contributed by atoms with Crippen molar-refractivity contribution < 1.29 is 18.3 Å². The second-order valence-corrected chi connectivity index (χ2v) is 2.91. The zero-order chi connectivity index (χ0) is 11.2. The normalized spacial score (nSPS) is 11.5. The first-order valence-corrected chi connectivity index (χ1v) is 4.28. The Bertz CT molecular complexity index is 207. The number of nitrogens with zero attached hydrogens (tertiary/aromatic N) is 1. The third kappa shape index (κ3) is 4.32. The van der Waals surface area contributed by atoms with Crippen LogP contribution in [-0.4, -0.2) is 43.5 Å². The smallest absolute Gasteiger partial charge is 0.378 e. The molecule has 0 aliphatic carbocycles. The maximum Gasteiger partial charge on any atom is 0.378 e. The van der Waals surface area contributed by atoms with E-state index in [1.807, 2.05) is 0 Å². The lowest BCUT2D eigenvalue weighted by molar-refractivity contribution is -0.173. The molecule has 0 aliphatic rings. The lowest BCUT2D eigenvalue weighted by Crippen LogP contribution is -2.42. The van der Waals surface area contributed by atoms with Gasteiger partial charge in [0.15, 0.2) is 0 Å². The summed E-state index contributed by atoms with van der Waals surface area (Å²) in [5.41, 5.74) is 0. The molecule has 0 atom stereocenters. The van der Waals surface area contributed by atoms with Gasteiger partial charge in [0.2, 0.25) is 0 Å². The fourth-order valence-corrected chi connectivity index (χ4v) is 0.925. The molecule has 0 rings (SSSR count). The number of likely N-dealkylation sites (N-methyl/N-ethyl adjacent to an activating group) is 1. The first kappa shape index (κ1) is 13.0. The largest absolute Gasteiger partial charge is 0.462 e. The molecular formula is C9H15F2NO2. The van der Waals surface area contributed by atoms with Gasteiger partial charge in [-0.2, -0.15) is 8.78 Å². The number of alkyl halides is 2. The maximum absolute atomic E-state index is 13.0. The van der Waals surface area contributed by atoms with Crippen molar-refractivity contribution in [2.24, 2.45) is 0 Å². The Morgan fingerprint density at radius 2 is 2.21 bits per heavy atom. The summed E-state index contributed by atoms with van der Waals surface area (Å²) in [4.78, 5) is 12.1. The van der Waals surface area contributed by atoms with Crippen molar-refractivity contribution >= 4 is 5.97 Å². The number of ether oxygens (including phenoxy) is 1. The molecular weight excluding hydrogens is 192 g/mol. The molecule has 0 amide bonds. The van der Waals surface area contributed by atoms with Crippen molar-refractivity contribution in [3.8, 4) is 0 Å². The molecule has 0 saturated heterocycles. The summed E-state index contributed by atoms with van der Waals surface area (Å²) < 4.78 is 30.3. The number of halogens is 2. The van der Waals surface area contributed by atoms with Gasteiger partial charge in [-0.1, -0.05) is 6.08 Å². The highest BCUT2D eigenvalue weighted by Crippen LogP contribution is 2.16. The number of carbonyl (C=O) groups excluding carboxylic acids is 1. The van der Waals surface area contributed by atoms with E-state index in [0.29, 0.717) is 6.54 Å². The molecule has 0 fully saturated rings. The Balaban J connectivity index is 4.17. The molecule has 5 heteroatoms. The van der Waals surface area contributed by atoms with Gasteiger partial charge in [0, 0.05) is 6.54 Å². The lowest BCUT2D eigenvalue weighted by atomic mass is 10.3. The van der Waals surface area contributed by atoms with Crippen molar-refractivity contribution in [1.29, 1.82) is 0 Å². The Morgan fingerprint density at radius 1 is 1.64 bits per heavy atom. The predicted octanol–water partition coefficient (Wildman–Crippen LogP) is 1.30. The minimum absolute atomic E-state index is 0.0421. The molecule has 0 saturated carbocycles. The molecule has 0 radical (unpaired) electrons. The van der Waals surface area contributed by atoms with Gasteiger partial charge in [-0.3, -0.25) is 4.90 Å². The molecule has 0 aliphatic heterocycles. The van der Waals surface area contributed by atoms with E-state index in [0.717, 1.165) is 0 Å². The van der Waals surface area contributed by atoms with Gasteiger partial charge in [-0.25, -0.2) is 4.79 Å². The van der Waals surface area contributed by atoms with Crippen molar-refractivity contribution in [3.05, 3.63) is 12.7 Å². The van der Waals surface area contributed by atoms with Crippen LogP contribution in [-0.2, 0) is 9.53 Å². The molecule has 0 aromatic rings. The fourth-order valence-electron chi connectivity index (χ4n) is 0.925. The van der Waals surface area contributed by atoms with Crippen LogP contribution in [0.2, 0.25) is 0 Å². The first-order chi connectivity index (χ1) is 6.44. The topological polar surface area (TPSA) is 29.5 Å².